The van der Waals surface area contributed by atoms with E-state index in [4.69, 9.17) is 19.3 Å². The number of aliphatic carboxylic acids is 1. The van der Waals surface area contributed by atoms with E-state index < -0.39 is 24.1 Å². The number of carbonyl (C=O) groups is 3. The van der Waals surface area contributed by atoms with Gasteiger partial charge in [-0.05, 0) is 92.8 Å². The van der Waals surface area contributed by atoms with Crippen LogP contribution >= 0.6 is 0 Å². The van der Waals surface area contributed by atoms with E-state index in [0.717, 1.165) is 49.0 Å². The highest BCUT2D eigenvalue weighted by molar-refractivity contribution is 5.82. The van der Waals surface area contributed by atoms with Crippen LogP contribution in [0.1, 0.15) is 69.4 Å². The van der Waals surface area contributed by atoms with Crippen LogP contribution in [0.2, 0.25) is 0 Å². The summed E-state index contributed by atoms with van der Waals surface area (Å²) in [5, 5.41) is 8.96. The fourth-order valence-corrected chi connectivity index (χ4v) is 7.54. The van der Waals surface area contributed by atoms with Gasteiger partial charge in [-0.15, -0.1) is 0 Å². The molecule has 2 heterocycles. The average Bonchev–Trinajstić information content (AvgIpc) is 3.91. The normalized spacial score (nSPS) is 20.1. The Morgan fingerprint density at radius 2 is 1.69 bits per heavy atom. The third-order valence-electron chi connectivity index (χ3n) is 10.1. The maximum Gasteiger partial charge on any atom is 0.410 e. The van der Waals surface area contributed by atoms with Crippen LogP contribution in [0.25, 0.3) is 11.1 Å². The first-order valence-corrected chi connectivity index (χ1v) is 18.2. The number of nitrogens with zero attached hydrogens (tertiary/aromatic N) is 3. The summed E-state index contributed by atoms with van der Waals surface area (Å²) in [7, 11) is 1.73. The van der Waals surface area contributed by atoms with Crippen molar-refractivity contribution >= 4 is 23.7 Å². The van der Waals surface area contributed by atoms with Gasteiger partial charge < -0.3 is 34.0 Å². The van der Waals surface area contributed by atoms with Gasteiger partial charge >= 0.3 is 12.1 Å². The van der Waals surface area contributed by atoms with Gasteiger partial charge in [0.25, 0.3) is 0 Å². The minimum absolute atomic E-state index is 0.0861. The molecule has 0 aromatic heterocycles. The number of carboxylic acids is 1. The lowest BCUT2D eigenvalue weighted by atomic mass is 9.78. The summed E-state index contributed by atoms with van der Waals surface area (Å²) in [6.45, 7) is 9.11. The smallest absolute Gasteiger partial charge is 0.410 e. The lowest BCUT2D eigenvalue weighted by molar-refractivity contribution is -0.140. The molecule has 10 nitrogen and oxygen atoms in total. The number of piperidine rings is 1. The maximum atomic E-state index is 15.0. The van der Waals surface area contributed by atoms with Crippen molar-refractivity contribution in [2.45, 2.75) is 69.9 Å². The minimum Gasteiger partial charge on any atom is -0.482 e. The summed E-state index contributed by atoms with van der Waals surface area (Å²) in [4.78, 5) is 45.6. The van der Waals surface area contributed by atoms with Crippen LogP contribution in [0.15, 0.2) is 72.8 Å². The first-order valence-electron chi connectivity index (χ1n) is 18.2. The number of methoxy groups -OCH3 is 1. The molecule has 3 atom stereocenters. The number of carbonyl (C=O) groups excluding carboxylic acids is 2. The Labute approximate surface area is 301 Å². The van der Waals surface area contributed by atoms with Crippen LogP contribution in [0, 0.1) is 5.92 Å². The van der Waals surface area contributed by atoms with Gasteiger partial charge in [0, 0.05) is 64.1 Å². The number of rotatable bonds is 13. The first-order chi connectivity index (χ1) is 24.5. The number of benzene rings is 3. The van der Waals surface area contributed by atoms with E-state index in [2.05, 4.69) is 46.2 Å². The molecule has 0 bridgehead atoms. The Balaban J connectivity index is 1.26. The number of amides is 2. The molecule has 272 valence electrons. The van der Waals surface area contributed by atoms with Gasteiger partial charge in [0.2, 0.25) is 5.91 Å². The molecule has 1 saturated heterocycles. The molecule has 6 rings (SSSR count). The number of carboxylic acid groups (broad SMARTS) is 1. The summed E-state index contributed by atoms with van der Waals surface area (Å²) in [6.07, 6.45) is 3.18. The topological polar surface area (TPSA) is 109 Å². The Kier molecular flexibility index (Phi) is 11.2. The second kappa shape index (κ2) is 15.8. The summed E-state index contributed by atoms with van der Waals surface area (Å²) in [5.41, 5.74) is 4.91. The molecule has 1 aliphatic carbocycles. The Bertz CT molecular complexity index is 1680. The standard InChI is InChI=1S/C41H51N3O7/c1-41(2,3)51-40(48)43-21-19-34(30-10-7-9-29(23-30)28-13-17-33(18-14-28)50-27-38(45)46)36(26-43)39(47)44(32-15-16-32)25-31-24-42(20-8-22-49-4)37-12-6-5-11-35(31)37/h5-7,9-14,17-18,23,31-32,34,36H,8,15-16,19-22,24-27H2,1-4H3,(H,45,46)/t31?,34-,36+/m1/s1. The Morgan fingerprint density at radius 3 is 2.39 bits per heavy atom. The molecule has 2 amide bonds. The summed E-state index contributed by atoms with van der Waals surface area (Å²) in [6, 6.07) is 24.4. The lowest BCUT2D eigenvalue weighted by Crippen LogP contribution is -2.51. The van der Waals surface area contributed by atoms with Crippen LogP contribution in [0.3, 0.4) is 0 Å². The first kappa shape index (κ1) is 36.2. The van der Waals surface area contributed by atoms with Crippen LogP contribution in [0.5, 0.6) is 5.75 Å². The van der Waals surface area contributed by atoms with Crippen LogP contribution in [-0.2, 0) is 19.1 Å². The van der Waals surface area contributed by atoms with Crippen molar-refractivity contribution in [2.75, 3.05) is 57.9 Å². The Morgan fingerprint density at radius 1 is 0.922 bits per heavy atom. The Hall–Kier alpha value is -4.57. The molecule has 3 aromatic carbocycles. The van der Waals surface area contributed by atoms with Gasteiger partial charge in [-0.1, -0.05) is 54.6 Å². The molecule has 2 fully saturated rings. The highest BCUT2D eigenvalue weighted by Gasteiger charge is 2.44. The number of anilines is 1. The van der Waals surface area contributed by atoms with Gasteiger partial charge in [-0.3, -0.25) is 4.79 Å². The van der Waals surface area contributed by atoms with Crippen molar-refractivity contribution in [3.63, 3.8) is 0 Å². The van der Waals surface area contributed by atoms with E-state index >= 15 is 0 Å². The van der Waals surface area contributed by atoms with Crippen LogP contribution in [0.4, 0.5) is 10.5 Å². The van der Waals surface area contributed by atoms with Crippen LogP contribution < -0.4 is 9.64 Å². The van der Waals surface area contributed by atoms with Crippen molar-refractivity contribution < 1.29 is 33.7 Å². The SMILES string of the molecule is COCCCN1CC(CN(C(=O)[C@H]2CN(C(=O)OC(C)(C)C)CC[C@@H]2c2cccc(-c3ccc(OCC(=O)O)cc3)c2)C2CC2)c2ccccc21. The minimum atomic E-state index is -1.03. The third-order valence-corrected chi connectivity index (χ3v) is 10.1. The molecule has 1 unspecified atom stereocenters. The zero-order valence-electron chi connectivity index (χ0n) is 30.3. The van der Waals surface area contributed by atoms with Crippen molar-refractivity contribution in [1.82, 2.24) is 9.80 Å². The molecular weight excluding hydrogens is 646 g/mol. The maximum absolute atomic E-state index is 15.0. The second-order valence-electron chi connectivity index (χ2n) is 15.0. The van der Waals surface area contributed by atoms with Gasteiger partial charge in [0.05, 0.1) is 5.92 Å². The monoisotopic (exact) mass is 697 g/mol. The summed E-state index contributed by atoms with van der Waals surface area (Å²) < 4.78 is 16.4. The molecule has 0 radical (unpaired) electrons. The lowest BCUT2D eigenvalue weighted by Gasteiger charge is -2.41. The zero-order chi connectivity index (χ0) is 36.1. The van der Waals surface area contributed by atoms with Crippen molar-refractivity contribution in [1.29, 1.82) is 0 Å². The highest BCUT2D eigenvalue weighted by Crippen LogP contribution is 2.42. The van der Waals surface area contributed by atoms with Gasteiger partial charge in [0.1, 0.15) is 11.4 Å². The van der Waals surface area contributed by atoms with Crippen molar-refractivity contribution in [3.8, 4) is 16.9 Å². The van der Waals surface area contributed by atoms with E-state index in [1.54, 1.807) is 24.1 Å². The van der Waals surface area contributed by atoms with E-state index in [0.29, 0.717) is 38.4 Å². The van der Waals surface area contributed by atoms with Crippen molar-refractivity contribution in [2.24, 2.45) is 5.92 Å². The van der Waals surface area contributed by atoms with E-state index in [9.17, 15) is 14.4 Å². The van der Waals surface area contributed by atoms with Gasteiger partial charge in [-0.2, -0.15) is 0 Å². The molecule has 1 N–H and O–H groups in total. The summed E-state index contributed by atoms with van der Waals surface area (Å²) in [5.74, 6) is -0.748. The van der Waals surface area contributed by atoms with E-state index in [1.807, 2.05) is 45.0 Å². The van der Waals surface area contributed by atoms with Gasteiger partial charge in [-0.25, -0.2) is 9.59 Å². The molecular formula is C41H51N3O7. The summed E-state index contributed by atoms with van der Waals surface area (Å²) >= 11 is 0. The number of ether oxygens (including phenoxy) is 3. The average molecular weight is 698 g/mol. The number of fused-ring (bicyclic) bond motifs is 1. The quantitative estimate of drug-likeness (QED) is 0.195. The van der Waals surface area contributed by atoms with Gasteiger partial charge in [0.15, 0.2) is 6.61 Å². The zero-order valence-corrected chi connectivity index (χ0v) is 30.3. The molecule has 51 heavy (non-hydrogen) atoms. The number of hydrogen-bond acceptors (Lipinski definition) is 7. The molecule has 2 aliphatic heterocycles. The van der Waals surface area contributed by atoms with Crippen molar-refractivity contribution in [3.05, 3.63) is 83.9 Å². The number of hydrogen-bond donors (Lipinski definition) is 1. The molecule has 3 aliphatic rings. The molecule has 3 aromatic rings. The fourth-order valence-electron chi connectivity index (χ4n) is 7.54. The predicted octanol–water partition coefficient (Wildman–Crippen LogP) is 6.79. The predicted molar refractivity (Wildman–Crippen MR) is 196 cm³/mol. The molecule has 1 saturated carbocycles. The highest BCUT2D eigenvalue weighted by atomic mass is 16.6. The van der Waals surface area contributed by atoms with E-state index in [-0.39, 0.29) is 29.9 Å². The van der Waals surface area contributed by atoms with E-state index in [1.165, 1.54) is 11.3 Å². The fraction of sp³-hybridized carbons (Fsp3) is 0.488. The number of para-hydroxylation sites is 1. The molecule has 10 heteroatoms. The molecule has 0 spiro atoms. The number of likely N-dealkylation sites (tertiary alicyclic amines) is 1. The largest absolute Gasteiger partial charge is 0.482 e. The van der Waals surface area contributed by atoms with Crippen LogP contribution in [-0.4, -0.2) is 97.6 Å². The second-order valence-corrected chi connectivity index (χ2v) is 15.0. The third kappa shape index (κ3) is 9.03.